The van der Waals surface area contributed by atoms with Crippen LogP contribution < -0.4 is 19.8 Å². The number of amides is 2. The van der Waals surface area contributed by atoms with Gasteiger partial charge in [0.2, 0.25) is 11.8 Å². The van der Waals surface area contributed by atoms with Gasteiger partial charge in [-0.2, -0.15) is 0 Å². The largest absolute Gasteiger partial charge is 0.463 e. The highest BCUT2D eigenvalue weighted by atomic mass is 32.1. The van der Waals surface area contributed by atoms with Gasteiger partial charge >= 0.3 is 5.97 Å². The first-order valence-electron chi connectivity index (χ1n) is 18.2. The Morgan fingerprint density at radius 3 is 2.18 bits per heavy atom. The van der Waals surface area contributed by atoms with Crippen molar-refractivity contribution >= 4 is 51.7 Å². The number of benzene rings is 5. The lowest BCUT2D eigenvalue weighted by atomic mass is 9.47. The van der Waals surface area contributed by atoms with Gasteiger partial charge in [-0.15, -0.1) is 0 Å². The first-order valence-corrected chi connectivity index (χ1v) is 19.1. The van der Waals surface area contributed by atoms with Crippen LogP contribution in [0.4, 0.5) is 10.1 Å². The number of hydrogen-bond donors (Lipinski definition) is 0. The van der Waals surface area contributed by atoms with Crippen molar-refractivity contribution in [2.45, 2.75) is 31.2 Å². The normalized spacial score (nSPS) is 23.7. The van der Waals surface area contributed by atoms with Crippen molar-refractivity contribution in [2.75, 3.05) is 11.5 Å². The van der Waals surface area contributed by atoms with E-state index in [0.717, 1.165) is 38.6 Å². The zero-order chi connectivity index (χ0) is 37.7. The van der Waals surface area contributed by atoms with Crippen LogP contribution in [0.15, 0.2) is 136 Å². The van der Waals surface area contributed by atoms with Crippen LogP contribution >= 0.6 is 11.3 Å². The molecule has 55 heavy (non-hydrogen) atoms. The zero-order valence-electron chi connectivity index (χ0n) is 29.7. The Morgan fingerprint density at radius 1 is 0.836 bits per heavy atom. The van der Waals surface area contributed by atoms with Crippen molar-refractivity contribution in [3.05, 3.63) is 180 Å². The monoisotopic (exact) mass is 745 g/mol. The zero-order valence-corrected chi connectivity index (χ0v) is 30.5. The van der Waals surface area contributed by atoms with Crippen molar-refractivity contribution < 1.29 is 23.5 Å². The molecule has 5 aromatic carbocycles. The standard InChI is InChI=1S/C45H32FN3O5S/c1-3-54-43(53)35-24(2)47-44-49(39(35)29-16-10-12-25-11-4-5-13-28(25)29)40(50)34(55-44)23-45-32-17-8-6-14-30(32)36(31-15-7-9-18-33(31)45)37-38(45)42(52)48(41(37)51)27-21-19-26(46)20-22-27/h4-23,36-39H,3H2,1-2H3/b34-23+/t36?,37-,38-,39+,45?/m0/s1. The molecule has 1 aromatic heterocycles. The average Bonchev–Trinajstić information content (AvgIpc) is 3.65. The van der Waals surface area contributed by atoms with E-state index in [-0.39, 0.29) is 23.6 Å². The number of halogens is 1. The summed E-state index contributed by atoms with van der Waals surface area (Å²) in [6.45, 7) is 3.64. The van der Waals surface area contributed by atoms with Gasteiger partial charge in [-0.1, -0.05) is 102 Å². The molecule has 0 spiro atoms. The molecule has 2 bridgehead atoms. The van der Waals surface area contributed by atoms with E-state index in [1.807, 2.05) is 97.1 Å². The number of rotatable bonds is 5. The summed E-state index contributed by atoms with van der Waals surface area (Å²) in [6, 6.07) is 33.9. The fourth-order valence-electron chi connectivity index (χ4n) is 9.70. The van der Waals surface area contributed by atoms with Crippen molar-refractivity contribution in [3.8, 4) is 0 Å². The maximum atomic E-state index is 15.2. The quantitative estimate of drug-likeness (QED) is 0.153. The topological polar surface area (TPSA) is 98.0 Å². The number of thiazole rings is 1. The molecule has 3 heterocycles. The lowest BCUT2D eigenvalue weighted by Crippen LogP contribution is -2.53. The summed E-state index contributed by atoms with van der Waals surface area (Å²) in [6.07, 6.45) is 1.88. The number of allylic oxidation sites excluding steroid dienone is 1. The number of aromatic nitrogens is 1. The predicted octanol–water partition coefficient (Wildman–Crippen LogP) is 6.29. The van der Waals surface area contributed by atoms with Crippen LogP contribution in [0, 0.1) is 17.7 Å². The van der Waals surface area contributed by atoms with Crippen LogP contribution in [0.2, 0.25) is 0 Å². The van der Waals surface area contributed by atoms with Crippen molar-refractivity contribution in [1.82, 2.24) is 4.57 Å². The predicted molar refractivity (Wildman–Crippen MR) is 207 cm³/mol. The van der Waals surface area contributed by atoms with Crippen LogP contribution in [-0.4, -0.2) is 29.0 Å². The number of carbonyl (C=O) groups excluding carboxylic acids is 3. The van der Waals surface area contributed by atoms with E-state index >= 15 is 4.79 Å². The molecule has 6 aromatic rings. The number of carbonyl (C=O) groups is 3. The lowest BCUT2D eigenvalue weighted by molar-refractivity contribution is -0.139. The highest BCUT2D eigenvalue weighted by Gasteiger charge is 2.67. The molecule has 10 heteroatoms. The molecule has 0 saturated carbocycles. The number of anilines is 1. The first kappa shape index (κ1) is 33.3. The molecule has 11 rings (SSSR count). The summed E-state index contributed by atoms with van der Waals surface area (Å²) in [4.78, 5) is 65.0. The fraction of sp³-hybridized carbons (Fsp3) is 0.178. The first-order chi connectivity index (χ1) is 26.7. The van der Waals surface area contributed by atoms with Gasteiger partial charge in [0.05, 0.1) is 51.4 Å². The summed E-state index contributed by atoms with van der Waals surface area (Å²) in [5, 5.41) is 1.83. The molecule has 1 fully saturated rings. The maximum Gasteiger partial charge on any atom is 0.338 e. The van der Waals surface area contributed by atoms with Crippen molar-refractivity contribution in [1.29, 1.82) is 0 Å². The number of ether oxygens (including phenoxy) is 1. The van der Waals surface area contributed by atoms with Crippen LogP contribution in [0.1, 0.15) is 53.6 Å². The minimum absolute atomic E-state index is 0.148. The van der Waals surface area contributed by atoms with Crippen LogP contribution in [0.5, 0.6) is 0 Å². The van der Waals surface area contributed by atoms with Crippen molar-refractivity contribution in [3.63, 3.8) is 0 Å². The Balaban J connectivity index is 1.26. The van der Waals surface area contributed by atoms with Gasteiger partial charge < -0.3 is 4.74 Å². The van der Waals surface area contributed by atoms with E-state index < -0.39 is 46.9 Å². The van der Waals surface area contributed by atoms with E-state index in [9.17, 15) is 18.8 Å². The number of imide groups is 1. The molecular formula is C45H32FN3O5S. The van der Waals surface area contributed by atoms with Gasteiger partial charge in [0.15, 0.2) is 4.80 Å². The third-order valence-electron chi connectivity index (χ3n) is 11.8. The Morgan fingerprint density at radius 2 is 1.47 bits per heavy atom. The summed E-state index contributed by atoms with van der Waals surface area (Å²) >= 11 is 1.20. The molecule has 3 aliphatic carbocycles. The number of nitrogens with zero attached hydrogens (tertiary/aromatic N) is 3. The molecular weight excluding hydrogens is 714 g/mol. The number of esters is 1. The Bertz CT molecular complexity index is 2840. The van der Waals surface area contributed by atoms with Crippen LogP contribution in [0.3, 0.4) is 0 Å². The van der Waals surface area contributed by atoms with E-state index in [1.54, 1.807) is 18.4 Å². The lowest BCUT2D eigenvalue weighted by Gasteiger charge is -2.53. The second-order valence-electron chi connectivity index (χ2n) is 14.4. The molecule has 0 N–H and O–H groups in total. The average molecular weight is 746 g/mol. The maximum absolute atomic E-state index is 15.2. The highest BCUT2D eigenvalue weighted by Crippen LogP contribution is 2.65. The summed E-state index contributed by atoms with van der Waals surface area (Å²) in [5.74, 6) is -3.88. The second-order valence-corrected chi connectivity index (χ2v) is 15.4. The SMILES string of the molecule is CCOC(=O)C1=C(C)N=c2s/c(=C/C34c5ccccc5C(c5ccccc53)[C@@H]3C(=O)N(c5ccc(F)cc5)C(=O)[C@H]34)c(=O)n2[C@@H]1c1cccc2ccccc12. The minimum Gasteiger partial charge on any atom is -0.463 e. The summed E-state index contributed by atoms with van der Waals surface area (Å²) in [7, 11) is 0. The van der Waals surface area contributed by atoms with E-state index in [4.69, 9.17) is 9.73 Å². The Hall–Kier alpha value is -6.26. The number of hydrogen-bond acceptors (Lipinski definition) is 7. The highest BCUT2D eigenvalue weighted by molar-refractivity contribution is 7.07. The Labute approximate surface area is 318 Å². The molecule has 2 amide bonds. The van der Waals surface area contributed by atoms with Crippen LogP contribution in [-0.2, 0) is 24.5 Å². The smallest absolute Gasteiger partial charge is 0.338 e. The van der Waals surface area contributed by atoms with E-state index in [1.165, 1.54) is 40.5 Å². The van der Waals surface area contributed by atoms with Crippen LogP contribution in [0.25, 0.3) is 16.8 Å². The van der Waals surface area contributed by atoms with E-state index in [0.29, 0.717) is 20.7 Å². The molecule has 5 aliphatic rings. The molecule has 0 radical (unpaired) electrons. The number of fused-ring (bicyclic) bond motifs is 2. The van der Waals surface area contributed by atoms with Gasteiger partial charge in [0, 0.05) is 5.92 Å². The van der Waals surface area contributed by atoms with Gasteiger partial charge in [-0.3, -0.25) is 19.0 Å². The molecule has 3 atom stereocenters. The molecule has 0 unspecified atom stereocenters. The third-order valence-corrected chi connectivity index (χ3v) is 12.7. The third kappa shape index (κ3) is 4.51. The fourth-order valence-corrected chi connectivity index (χ4v) is 10.8. The molecule has 1 saturated heterocycles. The van der Waals surface area contributed by atoms with Gasteiger partial charge in [-0.05, 0) is 82.8 Å². The van der Waals surface area contributed by atoms with E-state index in [2.05, 4.69) is 0 Å². The second kappa shape index (κ2) is 12.1. The summed E-state index contributed by atoms with van der Waals surface area (Å²) in [5.41, 5.74) is 3.69. The van der Waals surface area contributed by atoms with Crippen molar-refractivity contribution in [2.24, 2.45) is 16.8 Å². The molecule has 270 valence electrons. The Kier molecular flexibility index (Phi) is 7.35. The minimum atomic E-state index is -1.23. The molecule has 8 nitrogen and oxygen atoms in total. The summed E-state index contributed by atoms with van der Waals surface area (Å²) < 4.78 is 21.5. The molecule has 2 aliphatic heterocycles. The van der Waals surface area contributed by atoms with Gasteiger partial charge in [0.1, 0.15) is 5.82 Å². The van der Waals surface area contributed by atoms with Gasteiger partial charge in [0.25, 0.3) is 5.56 Å². The van der Waals surface area contributed by atoms with Gasteiger partial charge in [-0.25, -0.2) is 19.1 Å².